The Hall–Kier alpha value is -2.83. The molecular weight excluding hydrogens is 384 g/mol. The highest BCUT2D eigenvalue weighted by Crippen LogP contribution is 2.22. The Bertz CT molecular complexity index is 954. The van der Waals surface area contributed by atoms with Gasteiger partial charge >= 0.3 is 0 Å². The molecule has 0 aliphatic heterocycles. The lowest BCUT2D eigenvalue weighted by molar-refractivity contribution is -0.114. The number of halogens is 1. The summed E-state index contributed by atoms with van der Waals surface area (Å²) in [5.74, 6) is 0.345. The van der Waals surface area contributed by atoms with E-state index in [1.54, 1.807) is 42.5 Å². The SMILES string of the molecule is CC(=O)Nc1ccc(NC(=O)c2cc(COc3cccc(Cl)c3)cs2)cc1. The monoisotopic (exact) mass is 400 g/mol. The van der Waals surface area contributed by atoms with Gasteiger partial charge in [-0.25, -0.2) is 0 Å². The van der Waals surface area contributed by atoms with E-state index in [4.69, 9.17) is 16.3 Å². The first kappa shape index (κ1) is 18.9. The van der Waals surface area contributed by atoms with E-state index in [-0.39, 0.29) is 11.8 Å². The molecule has 2 amide bonds. The van der Waals surface area contributed by atoms with Crippen molar-refractivity contribution in [2.45, 2.75) is 13.5 Å². The van der Waals surface area contributed by atoms with E-state index in [1.807, 2.05) is 17.5 Å². The van der Waals surface area contributed by atoms with Crippen molar-refractivity contribution in [1.82, 2.24) is 0 Å². The molecule has 0 aliphatic rings. The van der Waals surface area contributed by atoms with E-state index in [0.717, 1.165) is 5.56 Å². The average molecular weight is 401 g/mol. The Morgan fingerprint density at radius 3 is 2.41 bits per heavy atom. The van der Waals surface area contributed by atoms with Gasteiger partial charge in [-0.1, -0.05) is 17.7 Å². The van der Waals surface area contributed by atoms with Crippen molar-refractivity contribution in [3.63, 3.8) is 0 Å². The normalized spacial score (nSPS) is 10.3. The quantitative estimate of drug-likeness (QED) is 0.598. The molecule has 2 aromatic carbocycles. The van der Waals surface area contributed by atoms with Crippen molar-refractivity contribution in [3.05, 3.63) is 75.4 Å². The third-order valence-corrected chi connectivity index (χ3v) is 4.76. The summed E-state index contributed by atoms with van der Waals surface area (Å²) in [5, 5.41) is 8.01. The smallest absolute Gasteiger partial charge is 0.265 e. The fraction of sp³-hybridized carbons (Fsp3) is 0.100. The van der Waals surface area contributed by atoms with Crippen molar-refractivity contribution in [3.8, 4) is 5.75 Å². The molecule has 0 bridgehead atoms. The third kappa shape index (κ3) is 5.57. The highest BCUT2D eigenvalue weighted by molar-refractivity contribution is 7.12. The molecule has 0 unspecified atom stereocenters. The van der Waals surface area contributed by atoms with Gasteiger partial charge in [0.25, 0.3) is 5.91 Å². The Kier molecular flexibility index (Phi) is 6.11. The zero-order chi connectivity index (χ0) is 19.2. The van der Waals surface area contributed by atoms with Crippen LogP contribution in [0.2, 0.25) is 5.02 Å². The fourth-order valence-corrected chi connectivity index (χ4v) is 3.30. The van der Waals surface area contributed by atoms with Crippen molar-refractivity contribution in [1.29, 1.82) is 0 Å². The molecule has 0 atom stereocenters. The van der Waals surface area contributed by atoms with Crippen LogP contribution in [-0.2, 0) is 11.4 Å². The number of nitrogens with one attached hydrogen (secondary N) is 2. The number of thiophene rings is 1. The lowest BCUT2D eigenvalue weighted by atomic mass is 10.2. The predicted octanol–water partition coefficient (Wildman–Crippen LogP) is 5.19. The zero-order valence-electron chi connectivity index (χ0n) is 14.5. The summed E-state index contributed by atoms with van der Waals surface area (Å²) >= 11 is 7.28. The minimum Gasteiger partial charge on any atom is -0.489 e. The first-order valence-electron chi connectivity index (χ1n) is 8.14. The van der Waals surface area contributed by atoms with E-state index in [1.165, 1.54) is 18.3 Å². The van der Waals surface area contributed by atoms with Crippen LogP contribution in [0, 0.1) is 0 Å². The maximum absolute atomic E-state index is 12.4. The van der Waals surface area contributed by atoms with E-state index in [0.29, 0.717) is 33.6 Å². The second kappa shape index (κ2) is 8.70. The minimum atomic E-state index is -0.193. The van der Waals surface area contributed by atoms with Gasteiger partial charge in [0, 0.05) is 28.9 Å². The van der Waals surface area contributed by atoms with Gasteiger partial charge in [-0.15, -0.1) is 11.3 Å². The van der Waals surface area contributed by atoms with Crippen LogP contribution >= 0.6 is 22.9 Å². The molecule has 0 fully saturated rings. The van der Waals surface area contributed by atoms with Crippen LogP contribution in [0.4, 0.5) is 11.4 Å². The molecule has 1 aromatic heterocycles. The van der Waals surface area contributed by atoms with Crippen molar-refractivity contribution < 1.29 is 14.3 Å². The molecule has 0 spiro atoms. The molecule has 0 saturated heterocycles. The number of hydrogen-bond acceptors (Lipinski definition) is 4. The molecular formula is C20H17ClN2O3S. The van der Waals surface area contributed by atoms with Gasteiger partial charge in [0.15, 0.2) is 0 Å². The summed E-state index contributed by atoms with van der Waals surface area (Å²) in [5.41, 5.74) is 2.24. The van der Waals surface area contributed by atoms with Gasteiger partial charge in [0.05, 0.1) is 4.88 Å². The lowest BCUT2D eigenvalue weighted by Gasteiger charge is -2.06. The predicted molar refractivity (Wildman–Crippen MR) is 109 cm³/mol. The summed E-state index contributed by atoms with van der Waals surface area (Å²) in [7, 11) is 0. The Morgan fingerprint density at radius 1 is 1.04 bits per heavy atom. The first-order valence-corrected chi connectivity index (χ1v) is 9.40. The molecule has 7 heteroatoms. The van der Waals surface area contributed by atoms with Gasteiger partial charge in [-0.3, -0.25) is 9.59 Å². The van der Waals surface area contributed by atoms with Crippen molar-refractivity contribution in [2.24, 2.45) is 0 Å². The van der Waals surface area contributed by atoms with E-state index in [2.05, 4.69) is 10.6 Å². The number of benzene rings is 2. The van der Waals surface area contributed by atoms with Gasteiger partial charge < -0.3 is 15.4 Å². The zero-order valence-corrected chi connectivity index (χ0v) is 16.1. The molecule has 3 rings (SSSR count). The van der Waals surface area contributed by atoms with Crippen LogP contribution in [-0.4, -0.2) is 11.8 Å². The summed E-state index contributed by atoms with van der Waals surface area (Å²) in [4.78, 5) is 24.0. The summed E-state index contributed by atoms with van der Waals surface area (Å²) < 4.78 is 5.69. The Morgan fingerprint density at radius 2 is 1.74 bits per heavy atom. The molecule has 0 aliphatic carbocycles. The fourth-order valence-electron chi connectivity index (χ4n) is 2.33. The molecule has 5 nitrogen and oxygen atoms in total. The number of amides is 2. The Labute approximate surface area is 165 Å². The molecule has 0 radical (unpaired) electrons. The first-order chi connectivity index (χ1) is 13.0. The topological polar surface area (TPSA) is 67.4 Å². The highest BCUT2D eigenvalue weighted by atomic mass is 35.5. The third-order valence-electron chi connectivity index (χ3n) is 3.54. The summed E-state index contributed by atoms with van der Waals surface area (Å²) in [6, 6.07) is 15.9. The summed E-state index contributed by atoms with van der Waals surface area (Å²) in [6.07, 6.45) is 0. The minimum absolute atomic E-state index is 0.141. The van der Waals surface area contributed by atoms with Crippen molar-refractivity contribution in [2.75, 3.05) is 10.6 Å². The molecule has 3 aromatic rings. The van der Waals surface area contributed by atoms with Crippen LogP contribution in [0.1, 0.15) is 22.2 Å². The largest absolute Gasteiger partial charge is 0.489 e. The maximum atomic E-state index is 12.4. The standard InChI is InChI=1S/C20H17ClN2O3S/c1-13(24)22-16-5-7-17(8-6-16)23-20(25)19-9-14(12-27-19)11-26-18-4-2-3-15(21)10-18/h2-10,12H,11H2,1H3,(H,22,24)(H,23,25). The second-order valence-electron chi connectivity index (χ2n) is 5.78. The summed E-state index contributed by atoms with van der Waals surface area (Å²) in [6.45, 7) is 1.80. The lowest BCUT2D eigenvalue weighted by Crippen LogP contribution is -2.10. The second-order valence-corrected chi connectivity index (χ2v) is 7.13. The number of ether oxygens (including phenoxy) is 1. The van der Waals surface area contributed by atoms with Crippen LogP contribution in [0.15, 0.2) is 60.0 Å². The number of carbonyl (C=O) groups excluding carboxylic acids is 2. The van der Waals surface area contributed by atoms with Crippen LogP contribution in [0.5, 0.6) is 5.75 Å². The van der Waals surface area contributed by atoms with Gasteiger partial charge in [-0.2, -0.15) is 0 Å². The molecule has 0 saturated carbocycles. The van der Waals surface area contributed by atoms with Gasteiger partial charge in [0.1, 0.15) is 12.4 Å². The molecule has 2 N–H and O–H groups in total. The van der Waals surface area contributed by atoms with E-state index in [9.17, 15) is 9.59 Å². The van der Waals surface area contributed by atoms with Gasteiger partial charge in [0.2, 0.25) is 5.91 Å². The van der Waals surface area contributed by atoms with E-state index < -0.39 is 0 Å². The van der Waals surface area contributed by atoms with Crippen LogP contribution in [0.3, 0.4) is 0 Å². The molecule has 1 heterocycles. The average Bonchev–Trinajstić information content (AvgIpc) is 3.10. The van der Waals surface area contributed by atoms with Crippen LogP contribution in [0.25, 0.3) is 0 Å². The Balaban J connectivity index is 1.57. The highest BCUT2D eigenvalue weighted by Gasteiger charge is 2.10. The molecule has 138 valence electrons. The number of hydrogen-bond donors (Lipinski definition) is 2. The van der Waals surface area contributed by atoms with Crippen molar-refractivity contribution >= 4 is 46.1 Å². The van der Waals surface area contributed by atoms with Crippen LogP contribution < -0.4 is 15.4 Å². The number of rotatable bonds is 6. The number of carbonyl (C=O) groups is 2. The maximum Gasteiger partial charge on any atom is 0.265 e. The number of anilines is 2. The van der Waals surface area contributed by atoms with E-state index >= 15 is 0 Å². The van der Waals surface area contributed by atoms with Gasteiger partial charge in [-0.05, 0) is 53.9 Å². The molecule has 27 heavy (non-hydrogen) atoms.